The average molecular weight is 582 g/mol. The molecule has 0 saturated heterocycles. The lowest BCUT2D eigenvalue weighted by molar-refractivity contribution is 0.607. The zero-order valence-corrected chi connectivity index (χ0v) is 23.4. The van der Waals surface area contributed by atoms with Gasteiger partial charge in [-0.1, -0.05) is 48.5 Å². The van der Waals surface area contributed by atoms with Gasteiger partial charge < -0.3 is 5.73 Å². The van der Waals surface area contributed by atoms with E-state index in [1.807, 2.05) is 71.6 Å². The molecule has 2 aromatic heterocycles. The second-order valence-electron chi connectivity index (χ2n) is 9.47. The topological polar surface area (TPSA) is 118 Å². The maximum Gasteiger partial charge on any atom is 0.229 e. The van der Waals surface area contributed by atoms with Gasteiger partial charge in [-0.3, -0.25) is 14.6 Å². The monoisotopic (exact) mass is 581 g/mol. The molecule has 204 valence electrons. The number of sulfonamides is 1. The van der Waals surface area contributed by atoms with Gasteiger partial charge in [0.25, 0.3) is 0 Å². The maximum atomic E-state index is 11.8. The van der Waals surface area contributed by atoms with Crippen molar-refractivity contribution in [3.63, 3.8) is 0 Å². The van der Waals surface area contributed by atoms with Gasteiger partial charge in [-0.15, -0.1) is 0 Å². The molecule has 5 aromatic rings. The van der Waals surface area contributed by atoms with Gasteiger partial charge in [-0.05, 0) is 54.6 Å². The summed E-state index contributed by atoms with van der Waals surface area (Å²) in [6, 6.07) is 26.0. The van der Waals surface area contributed by atoms with Crippen molar-refractivity contribution in [2.75, 3.05) is 21.6 Å². The fraction of sp³-hybridized carbons (Fsp3) is 0.0333. The van der Waals surface area contributed by atoms with Crippen LogP contribution in [0, 0.1) is 0 Å². The number of rotatable bonds is 6. The average Bonchev–Trinajstić information content (AvgIpc) is 3.38. The number of nitrogens with one attached hydrogen (secondary N) is 1. The molecule has 0 saturated carbocycles. The molecule has 3 heterocycles. The Hall–Kier alpha value is -4.93. The Balaban J connectivity index is 1.47. The molecule has 3 N–H and O–H groups in total. The second-order valence-corrected chi connectivity index (χ2v) is 11.7. The smallest absolute Gasteiger partial charge is 0.229 e. The van der Waals surface area contributed by atoms with E-state index in [0.29, 0.717) is 39.4 Å². The van der Waals surface area contributed by atoms with E-state index >= 15 is 0 Å². The zero-order chi connectivity index (χ0) is 28.7. The number of pyridine rings is 1. The summed E-state index contributed by atoms with van der Waals surface area (Å²) >= 11 is 6.19. The molecule has 1 aliphatic heterocycles. The number of anilines is 3. The van der Waals surface area contributed by atoms with Crippen LogP contribution in [0.15, 0.2) is 109 Å². The third kappa shape index (κ3) is 5.30. The molecular formula is C30H24ClN7O2S. The van der Waals surface area contributed by atoms with Crippen molar-refractivity contribution in [1.29, 1.82) is 0 Å². The summed E-state index contributed by atoms with van der Waals surface area (Å²) < 4.78 is 27.8. The van der Waals surface area contributed by atoms with E-state index in [1.54, 1.807) is 35.3 Å². The molecule has 9 nitrogen and oxygen atoms in total. The minimum atomic E-state index is -3.45. The van der Waals surface area contributed by atoms with E-state index in [2.05, 4.69) is 21.4 Å². The molecule has 0 aliphatic carbocycles. The summed E-state index contributed by atoms with van der Waals surface area (Å²) in [5, 5.41) is 5.21. The van der Waals surface area contributed by atoms with Crippen LogP contribution in [0.25, 0.3) is 22.6 Å². The van der Waals surface area contributed by atoms with Crippen molar-refractivity contribution in [3.05, 3.63) is 120 Å². The number of hydrogen-bond donors (Lipinski definition) is 2. The maximum absolute atomic E-state index is 11.8. The summed E-state index contributed by atoms with van der Waals surface area (Å²) in [6.45, 7) is 4.40. The summed E-state index contributed by atoms with van der Waals surface area (Å²) in [6.07, 6.45) is 4.44. The van der Waals surface area contributed by atoms with Gasteiger partial charge in [0.15, 0.2) is 5.82 Å². The fourth-order valence-corrected chi connectivity index (χ4v) is 5.27. The number of aliphatic imine (C=N–C) groups is 1. The molecule has 41 heavy (non-hydrogen) atoms. The first-order valence-corrected chi connectivity index (χ1v) is 14.8. The van der Waals surface area contributed by atoms with Crippen molar-refractivity contribution in [2.24, 2.45) is 4.99 Å². The highest BCUT2D eigenvalue weighted by Crippen LogP contribution is 2.39. The van der Waals surface area contributed by atoms with E-state index in [1.165, 1.54) is 0 Å². The zero-order valence-electron chi connectivity index (χ0n) is 21.9. The highest BCUT2D eigenvalue weighted by molar-refractivity contribution is 7.92. The van der Waals surface area contributed by atoms with E-state index in [0.717, 1.165) is 34.3 Å². The van der Waals surface area contributed by atoms with E-state index in [4.69, 9.17) is 22.3 Å². The standard InChI is InChI=1S/C30H24ClN7O2S/c1-19-27-18-34-38(26-5-3-4-24(16-26)36-41(2,39)40)30(27)35-29(37(19)25-13-10-22(31)11-14-25)21-8-6-20(7-9-21)28-15-12-23(32)17-33-28/h3-18,36H,1,32H2,2H3. The lowest BCUT2D eigenvalue weighted by atomic mass is 10.0. The number of nitrogens with two attached hydrogens (primary N) is 1. The number of amidine groups is 1. The molecular weight excluding hydrogens is 558 g/mol. The van der Waals surface area contributed by atoms with Crippen LogP contribution in [0.2, 0.25) is 5.02 Å². The number of nitrogen functional groups attached to an aromatic ring is 1. The van der Waals surface area contributed by atoms with Crippen LogP contribution in [-0.2, 0) is 10.0 Å². The molecule has 0 spiro atoms. The summed E-state index contributed by atoms with van der Waals surface area (Å²) in [5.74, 6) is 1.20. The van der Waals surface area contributed by atoms with Gasteiger partial charge in [0.1, 0.15) is 5.84 Å². The van der Waals surface area contributed by atoms with Crippen LogP contribution < -0.4 is 15.4 Å². The largest absolute Gasteiger partial charge is 0.397 e. The lowest BCUT2D eigenvalue weighted by Gasteiger charge is -2.31. The van der Waals surface area contributed by atoms with Crippen LogP contribution >= 0.6 is 11.6 Å². The second kappa shape index (κ2) is 10.2. The number of benzene rings is 3. The van der Waals surface area contributed by atoms with Gasteiger partial charge in [-0.2, -0.15) is 5.10 Å². The molecule has 6 rings (SSSR count). The molecule has 11 heteroatoms. The van der Waals surface area contributed by atoms with Crippen molar-refractivity contribution >= 4 is 56.0 Å². The van der Waals surface area contributed by atoms with E-state index < -0.39 is 10.0 Å². The molecule has 0 radical (unpaired) electrons. The highest BCUT2D eigenvalue weighted by Gasteiger charge is 2.29. The number of hydrogen-bond acceptors (Lipinski definition) is 7. The Morgan fingerprint density at radius 1 is 0.902 bits per heavy atom. The first-order valence-electron chi connectivity index (χ1n) is 12.5. The Morgan fingerprint density at radius 2 is 1.63 bits per heavy atom. The highest BCUT2D eigenvalue weighted by atomic mass is 35.5. The number of nitrogens with zero attached hydrogens (tertiary/aromatic N) is 5. The van der Waals surface area contributed by atoms with Crippen LogP contribution in [0.5, 0.6) is 0 Å². The predicted octanol–water partition coefficient (Wildman–Crippen LogP) is 6.11. The van der Waals surface area contributed by atoms with Gasteiger partial charge in [0, 0.05) is 21.8 Å². The van der Waals surface area contributed by atoms with E-state index in [-0.39, 0.29) is 0 Å². The Bertz CT molecular complexity index is 1920. The number of fused-ring (bicyclic) bond motifs is 1. The molecule has 0 unspecified atom stereocenters. The van der Waals surface area contributed by atoms with Crippen LogP contribution in [0.3, 0.4) is 0 Å². The van der Waals surface area contributed by atoms with Gasteiger partial charge >= 0.3 is 0 Å². The Kier molecular flexibility index (Phi) is 6.56. The normalized spacial score (nSPS) is 13.1. The first-order chi connectivity index (χ1) is 19.7. The third-order valence-electron chi connectivity index (χ3n) is 6.45. The van der Waals surface area contributed by atoms with Gasteiger partial charge in [0.2, 0.25) is 10.0 Å². The van der Waals surface area contributed by atoms with Gasteiger partial charge in [-0.25, -0.2) is 18.1 Å². The molecule has 3 aromatic carbocycles. The van der Waals surface area contributed by atoms with Gasteiger partial charge in [0.05, 0.1) is 52.7 Å². The van der Waals surface area contributed by atoms with Crippen molar-refractivity contribution in [2.45, 2.75) is 0 Å². The Morgan fingerprint density at radius 3 is 2.32 bits per heavy atom. The minimum absolute atomic E-state index is 0.419. The van der Waals surface area contributed by atoms with Crippen molar-refractivity contribution in [1.82, 2.24) is 14.8 Å². The molecule has 1 aliphatic rings. The molecule has 0 fully saturated rings. The minimum Gasteiger partial charge on any atom is -0.397 e. The summed E-state index contributed by atoms with van der Waals surface area (Å²) in [4.78, 5) is 11.5. The molecule has 0 amide bonds. The predicted molar refractivity (Wildman–Crippen MR) is 165 cm³/mol. The van der Waals surface area contributed by atoms with Crippen LogP contribution in [0.4, 0.5) is 22.9 Å². The lowest BCUT2D eigenvalue weighted by Crippen LogP contribution is -2.32. The Labute approximate surface area is 242 Å². The number of aromatic nitrogens is 3. The fourth-order valence-electron chi connectivity index (χ4n) is 4.58. The third-order valence-corrected chi connectivity index (χ3v) is 7.31. The summed E-state index contributed by atoms with van der Waals surface area (Å²) in [7, 11) is -3.45. The quantitative estimate of drug-likeness (QED) is 0.250. The molecule has 0 bridgehead atoms. The first kappa shape index (κ1) is 26.3. The van der Waals surface area contributed by atoms with Crippen LogP contribution in [-0.4, -0.2) is 35.3 Å². The van der Waals surface area contributed by atoms with E-state index in [9.17, 15) is 8.42 Å². The molecule has 0 atom stereocenters. The van der Waals surface area contributed by atoms with Crippen molar-refractivity contribution < 1.29 is 8.42 Å². The van der Waals surface area contributed by atoms with Crippen molar-refractivity contribution in [3.8, 4) is 16.9 Å². The van der Waals surface area contributed by atoms with Crippen LogP contribution in [0.1, 0.15) is 11.1 Å². The SMILES string of the molecule is C=C1c2cnn(-c3cccc(NS(C)(=O)=O)c3)c2N=C(c2ccc(-c3ccc(N)cn3)cc2)N1c1ccc(Cl)cc1. The summed E-state index contributed by atoms with van der Waals surface area (Å²) in [5.41, 5.74) is 12.3. The number of halogens is 1.